The van der Waals surface area contributed by atoms with Crippen LogP contribution in [0.4, 0.5) is 0 Å². The molecule has 8 nitrogen and oxygen atoms in total. The van der Waals surface area contributed by atoms with Gasteiger partial charge in [-0.1, -0.05) is 18.2 Å². The van der Waals surface area contributed by atoms with Crippen molar-refractivity contribution in [1.29, 1.82) is 0 Å². The van der Waals surface area contributed by atoms with Gasteiger partial charge in [-0.3, -0.25) is 4.98 Å². The second kappa shape index (κ2) is 9.24. The average molecular weight is 544 g/mol. The minimum atomic E-state index is -3.19. The van der Waals surface area contributed by atoms with Gasteiger partial charge in [0.2, 0.25) is 15.9 Å². The lowest BCUT2D eigenvalue weighted by Crippen LogP contribution is -2.33. The summed E-state index contributed by atoms with van der Waals surface area (Å²) in [4.78, 5) is 9.42. The normalized spacial score (nSPS) is 17.8. The fraction of sp³-hybridized carbons (Fsp3) is 0.375. The minimum absolute atomic E-state index is 0.114. The molecule has 4 heterocycles. The third-order valence-corrected chi connectivity index (χ3v) is 9.14. The van der Waals surface area contributed by atoms with E-state index in [9.17, 15) is 8.42 Å². The van der Waals surface area contributed by atoms with Crippen molar-refractivity contribution in [3.05, 3.63) is 52.9 Å². The maximum Gasteiger partial charge on any atom is 0.232 e. The number of halogens is 1. The van der Waals surface area contributed by atoms with Crippen LogP contribution in [0.15, 0.2) is 47.2 Å². The Hall–Kier alpha value is -2.56. The molecule has 4 aromatic rings. The van der Waals surface area contributed by atoms with Gasteiger partial charge in [-0.25, -0.2) is 17.2 Å². The molecule has 0 radical (unpaired) electrons. The summed E-state index contributed by atoms with van der Waals surface area (Å²) in [6, 6.07) is 10.1. The number of para-hydroxylation sites is 1. The lowest BCUT2D eigenvalue weighted by Gasteiger charge is -2.20. The van der Waals surface area contributed by atoms with Crippen LogP contribution in [-0.4, -0.2) is 57.3 Å². The van der Waals surface area contributed by atoms with Crippen LogP contribution in [0.2, 0.25) is 0 Å². The molecule has 0 bridgehead atoms. The maximum atomic E-state index is 12.3. The van der Waals surface area contributed by atoms with Crippen LogP contribution in [-0.2, 0) is 10.0 Å². The Labute approximate surface area is 207 Å². The number of aryl methyl sites for hydroxylation is 1. The van der Waals surface area contributed by atoms with E-state index in [0.717, 1.165) is 45.0 Å². The van der Waals surface area contributed by atoms with Crippen LogP contribution in [0.5, 0.6) is 5.88 Å². The summed E-state index contributed by atoms with van der Waals surface area (Å²) in [6.07, 6.45) is 5.68. The lowest BCUT2D eigenvalue weighted by atomic mass is 10.1. The Morgan fingerprint density at radius 3 is 2.82 bits per heavy atom. The van der Waals surface area contributed by atoms with Gasteiger partial charge in [0.15, 0.2) is 5.65 Å². The number of pyridine rings is 1. The first-order valence-electron chi connectivity index (χ1n) is 11.4. The molecule has 1 saturated heterocycles. The van der Waals surface area contributed by atoms with Crippen molar-refractivity contribution >= 4 is 42.5 Å². The Morgan fingerprint density at radius 2 is 2.00 bits per heavy atom. The van der Waals surface area contributed by atoms with Crippen LogP contribution in [0.3, 0.4) is 0 Å². The van der Waals surface area contributed by atoms with Crippen LogP contribution < -0.4 is 4.74 Å². The van der Waals surface area contributed by atoms with E-state index < -0.39 is 10.0 Å². The van der Waals surface area contributed by atoms with Crippen LogP contribution in [0, 0.1) is 6.92 Å². The Kier molecular flexibility index (Phi) is 6.30. The molecule has 0 N–H and O–H groups in total. The summed E-state index contributed by atoms with van der Waals surface area (Å²) in [6.45, 7) is 4.63. The molecule has 3 aromatic heterocycles. The molecule has 1 unspecified atom stereocenters. The predicted octanol–water partition coefficient (Wildman–Crippen LogP) is 4.60. The van der Waals surface area contributed by atoms with E-state index >= 15 is 0 Å². The fourth-order valence-electron chi connectivity index (χ4n) is 4.36. The number of ether oxygens (including phenoxy) is 1. The highest BCUT2D eigenvalue weighted by molar-refractivity contribution is 9.10. The minimum Gasteiger partial charge on any atom is -0.473 e. The Morgan fingerprint density at radius 1 is 1.18 bits per heavy atom. The monoisotopic (exact) mass is 543 g/mol. The SMILES string of the molecule is CCS(=O)(=O)N1CCCC(Oc2nc3c(-c4cnc5ccccc5c4)cnn3c(C)c2Br)CC1. The second-order valence-corrected chi connectivity index (χ2v) is 11.5. The summed E-state index contributed by atoms with van der Waals surface area (Å²) >= 11 is 3.63. The van der Waals surface area contributed by atoms with E-state index in [1.807, 2.05) is 37.4 Å². The smallest absolute Gasteiger partial charge is 0.232 e. The summed E-state index contributed by atoms with van der Waals surface area (Å²) in [5, 5.41) is 5.60. The zero-order valence-corrected chi connectivity index (χ0v) is 21.5. The van der Waals surface area contributed by atoms with Crippen molar-refractivity contribution in [3.63, 3.8) is 0 Å². The van der Waals surface area contributed by atoms with Crippen LogP contribution in [0.25, 0.3) is 27.7 Å². The van der Waals surface area contributed by atoms with E-state index in [0.29, 0.717) is 31.0 Å². The van der Waals surface area contributed by atoms with Crippen LogP contribution in [0.1, 0.15) is 31.9 Å². The third-order valence-electron chi connectivity index (χ3n) is 6.35. The molecule has 1 atom stereocenters. The quantitative estimate of drug-likeness (QED) is 0.365. The lowest BCUT2D eigenvalue weighted by molar-refractivity contribution is 0.176. The largest absolute Gasteiger partial charge is 0.473 e. The van der Waals surface area contributed by atoms with Crippen LogP contribution >= 0.6 is 15.9 Å². The molecule has 5 rings (SSSR count). The van der Waals surface area contributed by atoms with Crippen molar-refractivity contribution in [2.45, 2.75) is 39.2 Å². The molecule has 1 fully saturated rings. The molecule has 0 saturated carbocycles. The number of hydrogen-bond acceptors (Lipinski definition) is 6. The molecule has 34 heavy (non-hydrogen) atoms. The van der Waals surface area contributed by atoms with Gasteiger partial charge in [0.05, 0.1) is 23.2 Å². The molecule has 1 aliphatic rings. The topological polar surface area (TPSA) is 89.7 Å². The van der Waals surface area contributed by atoms with Gasteiger partial charge >= 0.3 is 0 Å². The van der Waals surface area contributed by atoms with Gasteiger partial charge in [0.25, 0.3) is 0 Å². The number of nitrogens with zero attached hydrogens (tertiary/aromatic N) is 5. The zero-order chi connectivity index (χ0) is 23.9. The first kappa shape index (κ1) is 23.2. The Bertz CT molecular complexity index is 1470. The highest BCUT2D eigenvalue weighted by Crippen LogP contribution is 2.33. The standard InChI is InChI=1S/C24H26BrN5O3S/c1-3-34(31,32)29-11-6-8-19(10-12-29)33-24-22(25)16(2)30-23(28-24)20(15-27-30)18-13-17-7-4-5-9-21(17)26-14-18/h4-5,7,9,13-15,19H,3,6,8,10-12H2,1-2H3. The zero-order valence-electron chi connectivity index (χ0n) is 19.1. The second-order valence-electron chi connectivity index (χ2n) is 8.50. The molecular formula is C24H26BrN5O3S. The summed E-state index contributed by atoms with van der Waals surface area (Å²) < 4.78 is 35.0. The van der Waals surface area contributed by atoms with E-state index in [4.69, 9.17) is 9.72 Å². The van der Waals surface area contributed by atoms with E-state index in [1.54, 1.807) is 21.9 Å². The molecule has 10 heteroatoms. The predicted molar refractivity (Wildman–Crippen MR) is 135 cm³/mol. The molecule has 1 aliphatic heterocycles. The summed E-state index contributed by atoms with van der Waals surface area (Å²) in [5.41, 5.74) is 4.31. The number of aromatic nitrogens is 4. The van der Waals surface area contributed by atoms with E-state index in [2.05, 4.69) is 32.1 Å². The van der Waals surface area contributed by atoms with Gasteiger partial charge in [0, 0.05) is 35.8 Å². The highest BCUT2D eigenvalue weighted by atomic mass is 79.9. The van der Waals surface area contributed by atoms with Gasteiger partial charge < -0.3 is 4.74 Å². The van der Waals surface area contributed by atoms with Crippen molar-refractivity contribution < 1.29 is 13.2 Å². The number of benzene rings is 1. The molecule has 0 spiro atoms. The molecule has 0 aliphatic carbocycles. The van der Waals surface area contributed by atoms with E-state index in [1.165, 1.54) is 0 Å². The highest BCUT2D eigenvalue weighted by Gasteiger charge is 2.27. The number of hydrogen-bond donors (Lipinski definition) is 0. The molecule has 178 valence electrons. The summed E-state index contributed by atoms with van der Waals surface area (Å²) in [5.74, 6) is 0.618. The molecule has 0 amide bonds. The van der Waals surface area contributed by atoms with Gasteiger partial charge in [0.1, 0.15) is 10.6 Å². The van der Waals surface area contributed by atoms with Crippen molar-refractivity contribution in [2.75, 3.05) is 18.8 Å². The first-order valence-corrected chi connectivity index (χ1v) is 13.8. The first-order chi connectivity index (χ1) is 16.4. The summed E-state index contributed by atoms with van der Waals surface area (Å²) in [7, 11) is -3.19. The van der Waals surface area contributed by atoms with Gasteiger partial charge in [-0.2, -0.15) is 10.1 Å². The third kappa shape index (κ3) is 4.30. The number of rotatable bonds is 5. The fourth-order valence-corrected chi connectivity index (χ4v) is 5.87. The van der Waals surface area contributed by atoms with Crippen molar-refractivity contribution in [2.24, 2.45) is 0 Å². The Balaban J connectivity index is 1.47. The number of sulfonamides is 1. The number of fused-ring (bicyclic) bond motifs is 2. The van der Waals surface area contributed by atoms with Crippen molar-refractivity contribution in [1.82, 2.24) is 23.9 Å². The van der Waals surface area contributed by atoms with E-state index in [-0.39, 0.29) is 11.9 Å². The maximum absolute atomic E-state index is 12.3. The van der Waals surface area contributed by atoms with Gasteiger partial charge in [-0.15, -0.1) is 0 Å². The van der Waals surface area contributed by atoms with Crippen molar-refractivity contribution in [3.8, 4) is 17.0 Å². The molecule has 1 aromatic carbocycles. The average Bonchev–Trinajstić information content (AvgIpc) is 3.12. The van der Waals surface area contributed by atoms with Gasteiger partial charge in [-0.05, 0) is 61.2 Å². The molecular weight excluding hydrogens is 518 g/mol.